The number of halogens is 2. The predicted octanol–water partition coefficient (Wildman–Crippen LogP) is 1.67. The van der Waals surface area contributed by atoms with Crippen LogP contribution in [0, 0.1) is 0 Å². The first-order valence-corrected chi connectivity index (χ1v) is 5.92. The third kappa shape index (κ3) is 5.46. The zero-order chi connectivity index (χ0) is 13.5. The molecule has 0 saturated heterocycles. The molecule has 0 atom stereocenters. The summed E-state index contributed by atoms with van der Waals surface area (Å²) >= 11 is 5.84. The van der Waals surface area contributed by atoms with Crippen molar-refractivity contribution in [2.24, 2.45) is 0 Å². The molecule has 106 valence electrons. The van der Waals surface area contributed by atoms with Crippen LogP contribution in [-0.2, 0) is 4.79 Å². The SMILES string of the molecule is CNCCC(=O)Nc1ccc(Cl)cc1C(=O)NC.Cl. The molecule has 0 bridgehead atoms. The van der Waals surface area contributed by atoms with E-state index in [1.165, 1.54) is 13.1 Å². The van der Waals surface area contributed by atoms with Crippen LogP contribution in [0.4, 0.5) is 5.69 Å². The number of rotatable bonds is 5. The molecule has 0 aliphatic carbocycles. The fourth-order valence-electron chi connectivity index (χ4n) is 1.40. The van der Waals surface area contributed by atoms with Crippen LogP contribution >= 0.6 is 24.0 Å². The Morgan fingerprint density at radius 3 is 2.53 bits per heavy atom. The third-order valence-corrected chi connectivity index (χ3v) is 2.56. The van der Waals surface area contributed by atoms with Gasteiger partial charge in [0.2, 0.25) is 5.91 Å². The van der Waals surface area contributed by atoms with E-state index in [2.05, 4.69) is 16.0 Å². The van der Waals surface area contributed by atoms with E-state index in [4.69, 9.17) is 11.6 Å². The number of hydrogen-bond donors (Lipinski definition) is 3. The minimum Gasteiger partial charge on any atom is -0.355 e. The van der Waals surface area contributed by atoms with Gasteiger partial charge in [0, 0.05) is 25.0 Å². The molecule has 0 saturated carbocycles. The third-order valence-electron chi connectivity index (χ3n) is 2.33. The van der Waals surface area contributed by atoms with Crippen LogP contribution in [0.5, 0.6) is 0 Å². The van der Waals surface area contributed by atoms with Gasteiger partial charge in [-0.05, 0) is 25.2 Å². The molecule has 5 nitrogen and oxygen atoms in total. The monoisotopic (exact) mass is 305 g/mol. The molecule has 0 aliphatic heterocycles. The molecule has 0 unspecified atom stereocenters. The lowest BCUT2D eigenvalue weighted by molar-refractivity contribution is -0.116. The van der Waals surface area contributed by atoms with Crippen molar-refractivity contribution in [1.82, 2.24) is 10.6 Å². The van der Waals surface area contributed by atoms with Crippen molar-refractivity contribution >= 4 is 41.5 Å². The zero-order valence-corrected chi connectivity index (χ0v) is 12.3. The fraction of sp³-hybridized carbons (Fsp3) is 0.333. The first-order valence-electron chi connectivity index (χ1n) is 5.54. The van der Waals surface area contributed by atoms with Gasteiger partial charge in [0.25, 0.3) is 5.91 Å². The molecular formula is C12H17Cl2N3O2. The van der Waals surface area contributed by atoms with Crippen LogP contribution in [-0.4, -0.2) is 32.5 Å². The second-order valence-electron chi connectivity index (χ2n) is 3.67. The van der Waals surface area contributed by atoms with Crippen LogP contribution in [0.15, 0.2) is 18.2 Å². The Balaban J connectivity index is 0.00000324. The van der Waals surface area contributed by atoms with Crippen molar-refractivity contribution in [2.75, 3.05) is 26.0 Å². The Morgan fingerprint density at radius 2 is 1.95 bits per heavy atom. The lowest BCUT2D eigenvalue weighted by Crippen LogP contribution is -2.23. The van der Waals surface area contributed by atoms with E-state index in [0.717, 1.165) is 0 Å². The van der Waals surface area contributed by atoms with Gasteiger partial charge in [0.1, 0.15) is 0 Å². The van der Waals surface area contributed by atoms with E-state index >= 15 is 0 Å². The molecule has 0 heterocycles. The summed E-state index contributed by atoms with van der Waals surface area (Å²) in [5.41, 5.74) is 0.808. The molecule has 0 radical (unpaired) electrons. The highest BCUT2D eigenvalue weighted by molar-refractivity contribution is 6.31. The van der Waals surface area contributed by atoms with E-state index in [-0.39, 0.29) is 24.2 Å². The Kier molecular flexibility index (Phi) is 8.14. The largest absolute Gasteiger partial charge is 0.355 e. The zero-order valence-electron chi connectivity index (χ0n) is 10.7. The minimum absolute atomic E-state index is 0. The molecular weight excluding hydrogens is 289 g/mol. The summed E-state index contributed by atoms with van der Waals surface area (Å²) in [4.78, 5) is 23.3. The fourth-order valence-corrected chi connectivity index (χ4v) is 1.57. The Bertz CT molecular complexity index is 453. The van der Waals surface area contributed by atoms with E-state index in [0.29, 0.717) is 29.2 Å². The smallest absolute Gasteiger partial charge is 0.253 e. The van der Waals surface area contributed by atoms with Crippen LogP contribution in [0.2, 0.25) is 5.02 Å². The maximum atomic E-state index is 11.6. The van der Waals surface area contributed by atoms with Gasteiger partial charge < -0.3 is 16.0 Å². The molecule has 1 aromatic carbocycles. The van der Waals surface area contributed by atoms with Crippen molar-refractivity contribution in [3.05, 3.63) is 28.8 Å². The number of nitrogens with one attached hydrogen (secondary N) is 3. The van der Waals surface area contributed by atoms with Crippen LogP contribution in [0.1, 0.15) is 16.8 Å². The Morgan fingerprint density at radius 1 is 1.26 bits per heavy atom. The van der Waals surface area contributed by atoms with E-state index in [9.17, 15) is 9.59 Å². The number of amides is 2. The van der Waals surface area contributed by atoms with Gasteiger partial charge >= 0.3 is 0 Å². The summed E-state index contributed by atoms with van der Waals surface area (Å²) in [7, 11) is 3.29. The lowest BCUT2D eigenvalue weighted by Gasteiger charge is -2.10. The highest BCUT2D eigenvalue weighted by Gasteiger charge is 2.12. The van der Waals surface area contributed by atoms with Gasteiger partial charge in [0.15, 0.2) is 0 Å². The second kappa shape index (κ2) is 8.74. The molecule has 3 N–H and O–H groups in total. The van der Waals surface area contributed by atoms with Gasteiger partial charge in [-0.25, -0.2) is 0 Å². The number of anilines is 1. The number of benzene rings is 1. The normalized spacial score (nSPS) is 9.42. The average molecular weight is 306 g/mol. The van der Waals surface area contributed by atoms with Gasteiger partial charge in [-0.3, -0.25) is 9.59 Å². The Hall–Kier alpha value is -1.30. The molecule has 0 spiro atoms. The minimum atomic E-state index is -0.290. The standard InChI is InChI=1S/C12H16ClN3O2.ClH/c1-14-6-5-11(17)16-10-4-3-8(13)7-9(10)12(18)15-2;/h3-4,7,14H,5-6H2,1-2H3,(H,15,18)(H,16,17);1H. The van der Waals surface area contributed by atoms with Crippen molar-refractivity contribution in [2.45, 2.75) is 6.42 Å². The van der Waals surface area contributed by atoms with Gasteiger partial charge in [0.05, 0.1) is 11.3 Å². The predicted molar refractivity (Wildman–Crippen MR) is 79.3 cm³/mol. The van der Waals surface area contributed by atoms with E-state index < -0.39 is 0 Å². The molecule has 1 rings (SSSR count). The Labute approximate surface area is 123 Å². The molecule has 0 fully saturated rings. The van der Waals surface area contributed by atoms with Crippen LogP contribution < -0.4 is 16.0 Å². The number of carbonyl (C=O) groups excluding carboxylic acids is 2. The molecule has 19 heavy (non-hydrogen) atoms. The van der Waals surface area contributed by atoms with Crippen molar-refractivity contribution in [3.63, 3.8) is 0 Å². The summed E-state index contributed by atoms with van der Waals surface area (Å²) in [6.07, 6.45) is 0.340. The van der Waals surface area contributed by atoms with Gasteiger partial charge in [-0.2, -0.15) is 0 Å². The number of hydrogen-bond acceptors (Lipinski definition) is 3. The van der Waals surface area contributed by atoms with Crippen molar-refractivity contribution < 1.29 is 9.59 Å². The molecule has 7 heteroatoms. The highest BCUT2D eigenvalue weighted by Crippen LogP contribution is 2.20. The summed E-state index contributed by atoms with van der Waals surface area (Å²) in [6.45, 7) is 0.578. The van der Waals surface area contributed by atoms with Crippen LogP contribution in [0.25, 0.3) is 0 Å². The maximum absolute atomic E-state index is 11.6. The second-order valence-corrected chi connectivity index (χ2v) is 4.11. The average Bonchev–Trinajstić information content (AvgIpc) is 2.37. The summed E-state index contributed by atoms with van der Waals surface area (Å²) in [6, 6.07) is 4.76. The summed E-state index contributed by atoms with van der Waals surface area (Å²) < 4.78 is 0. The molecule has 2 amide bonds. The highest BCUT2D eigenvalue weighted by atomic mass is 35.5. The van der Waals surface area contributed by atoms with E-state index in [1.807, 2.05) is 0 Å². The van der Waals surface area contributed by atoms with Crippen molar-refractivity contribution in [3.8, 4) is 0 Å². The van der Waals surface area contributed by atoms with Crippen LogP contribution in [0.3, 0.4) is 0 Å². The molecule has 1 aromatic rings. The molecule has 0 aliphatic rings. The van der Waals surface area contributed by atoms with E-state index in [1.54, 1.807) is 19.2 Å². The van der Waals surface area contributed by atoms with Gasteiger partial charge in [-0.15, -0.1) is 12.4 Å². The molecule has 0 aromatic heterocycles. The topological polar surface area (TPSA) is 70.2 Å². The van der Waals surface area contributed by atoms with Gasteiger partial charge in [-0.1, -0.05) is 11.6 Å². The first kappa shape index (κ1) is 17.7. The summed E-state index contributed by atoms with van der Waals surface area (Å²) in [5.74, 6) is -0.446. The lowest BCUT2D eigenvalue weighted by atomic mass is 10.1. The van der Waals surface area contributed by atoms with Crippen molar-refractivity contribution in [1.29, 1.82) is 0 Å². The maximum Gasteiger partial charge on any atom is 0.253 e. The first-order chi connectivity index (χ1) is 8.58. The summed E-state index contributed by atoms with van der Waals surface area (Å²) in [5, 5.41) is 8.52. The quantitative estimate of drug-likeness (QED) is 0.775. The number of carbonyl (C=O) groups is 2.